The lowest BCUT2D eigenvalue weighted by Gasteiger charge is -2.24. The molecule has 0 fully saturated rings. The van der Waals surface area contributed by atoms with Gasteiger partial charge in [0.1, 0.15) is 5.78 Å². The number of allylic oxidation sites excluding steroid dienone is 2. The average Bonchev–Trinajstić information content (AvgIpc) is 2.89. The summed E-state index contributed by atoms with van der Waals surface area (Å²) in [6.07, 6.45) is 12.8. The molecule has 0 unspecified atom stereocenters. The Morgan fingerprint density at radius 2 is 2.12 bits per heavy atom. The Bertz CT molecular complexity index is 536. The van der Waals surface area contributed by atoms with E-state index in [1.165, 1.54) is 6.08 Å². The molecular formula is C21H32O4. The van der Waals surface area contributed by atoms with Crippen LogP contribution in [-0.2, 0) is 9.59 Å². The molecule has 4 heteroatoms. The van der Waals surface area contributed by atoms with Gasteiger partial charge in [-0.15, -0.1) is 5.73 Å². The molecule has 25 heavy (non-hydrogen) atoms. The summed E-state index contributed by atoms with van der Waals surface area (Å²) >= 11 is 0. The van der Waals surface area contributed by atoms with Crippen LogP contribution in [0.25, 0.3) is 0 Å². The molecule has 1 aliphatic rings. The van der Waals surface area contributed by atoms with E-state index in [4.69, 9.17) is 5.11 Å². The van der Waals surface area contributed by atoms with Gasteiger partial charge in [-0.05, 0) is 51.2 Å². The van der Waals surface area contributed by atoms with Gasteiger partial charge >= 0.3 is 5.97 Å². The van der Waals surface area contributed by atoms with E-state index < -0.39 is 11.6 Å². The second-order valence-corrected chi connectivity index (χ2v) is 7.21. The van der Waals surface area contributed by atoms with Crippen LogP contribution in [0.4, 0.5) is 0 Å². The molecule has 0 radical (unpaired) electrons. The quantitative estimate of drug-likeness (QED) is 0.307. The molecule has 0 saturated heterocycles. The van der Waals surface area contributed by atoms with Crippen molar-refractivity contribution in [3.63, 3.8) is 0 Å². The molecule has 0 spiro atoms. The number of Topliss-reactive ketones (excluding diaryl/α,β-unsaturated/α-hetero) is 1. The molecule has 1 aliphatic carbocycles. The van der Waals surface area contributed by atoms with Gasteiger partial charge in [-0.1, -0.05) is 37.8 Å². The number of ketones is 1. The summed E-state index contributed by atoms with van der Waals surface area (Å²) in [5.74, 6) is -0.671. The highest BCUT2D eigenvalue weighted by atomic mass is 16.4. The average molecular weight is 348 g/mol. The number of aliphatic hydroxyl groups is 1. The molecule has 0 saturated carbocycles. The highest BCUT2D eigenvalue weighted by Crippen LogP contribution is 2.33. The van der Waals surface area contributed by atoms with E-state index in [1.54, 1.807) is 6.08 Å². The van der Waals surface area contributed by atoms with Crippen molar-refractivity contribution < 1.29 is 19.8 Å². The van der Waals surface area contributed by atoms with Gasteiger partial charge in [0.25, 0.3) is 0 Å². The van der Waals surface area contributed by atoms with E-state index in [0.717, 1.165) is 44.1 Å². The Kier molecular flexibility index (Phi) is 9.48. The van der Waals surface area contributed by atoms with Gasteiger partial charge in [0.15, 0.2) is 0 Å². The van der Waals surface area contributed by atoms with Crippen LogP contribution in [-0.4, -0.2) is 27.6 Å². The zero-order valence-corrected chi connectivity index (χ0v) is 15.6. The fourth-order valence-corrected chi connectivity index (χ4v) is 3.20. The second kappa shape index (κ2) is 11.1. The lowest BCUT2D eigenvalue weighted by molar-refractivity contribution is -0.136. The Morgan fingerprint density at radius 3 is 2.80 bits per heavy atom. The van der Waals surface area contributed by atoms with Crippen LogP contribution in [0.1, 0.15) is 78.1 Å². The molecule has 0 aromatic carbocycles. The fourth-order valence-electron chi connectivity index (χ4n) is 3.20. The normalized spacial score (nSPS) is 19.1. The van der Waals surface area contributed by atoms with E-state index in [1.807, 2.05) is 13.0 Å². The van der Waals surface area contributed by atoms with Gasteiger partial charge in [-0.2, -0.15) is 0 Å². The monoisotopic (exact) mass is 348 g/mol. The highest BCUT2D eigenvalue weighted by Gasteiger charge is 2.28. The van der Waals surface area contributed by atoms with Crippen LogP contribution < -0.4 is 0 Å². The standard InChI is InChI=1S/C21H32O4/c1-3-4-9-15-21(2,25)16-14-17-12-13-19(22)18(17)10-7-5-6-8-11-20(23)24/h5,8,12,18,25H,3-4,7,9-11,13-16H2,1-2H3,(H,23,24)/t6?,18-,21+/m1/s1. The number of carbonyl (C=O) groups is 2. The summed E-state index contributed by atoms with van der Waals surface area (Å²) in [4.78, 5) is 22.5. The zero-order chi connectivity index (χ0) is 18.7. The largest absolute Gasteiger partial charge is 0.481 e. The molecule has 0 amide bonds. The lowest BCUT2D eigenvalue weighted by Crippen LogP contribution is -2.24. The number of hydrogen-bond acceptors (Lipinski definition) is 3. The Balaban J connectivity index is 2.44. The number of carbonyl (C=O) groups excluding carboxylic acids is 1. The predicted molar refractivity (Wildman–Crippen MR) is 99.3 cm³/mol. The van der Waals surface area contributed by atoms with Crippen LogP contribution >= 0.6 is 0 Å². The summed E-state index contributed by atoms with van der Waals surface area (Å²) in [5.41, 5.74) is 3.35. The third-order valence-corrected chi connectivity index (χ3v) is 4.78. The van der Waals surface area contributed by atoms with Gasteiger partial charge in [0.05, 0.1) is 12.0 Å². The van der Waals surface area contributed by atoms with Gasteiger partial charge in [0.2, 0.25) is 0 Å². The maximum absolute atomic E-state index is 12.1. The van der Waals surface area contributed by atoms with Crippen molar-refractivity contribution >= 4 is 11.8 Å². The SMILES string of the molecule is CCCCC[C@](C)(O)CCC1=CCC(=O)[C@@H]1CCC=C=CCC(=O)O. The number of rotatable bonds is 12. The molecular weight excluding hydrogens is 316 g/mol. The van der Waals surface area contributed by atoms with Crippen molar-refractivity contribution in [3.05, 3.63) is 29.5 Å². The van der Waals surface area contributed by atoms with Crippen molar-refractivity contribution in [3.8, 4) is 0 Å². The predicted octanol–water partition coefficient (Wildman–Crippen LogP) is 4.58. The van der Waals surface area contributed by atoms with Crippen molar-refractivity contribution in [1.29, 1.82) is 0 Å². The summed E-state index contributed by atoms with van der Waals surface area (Å²) in [7, 11) is 0. The van der Waals surface area contributed by atoms with Gasteiger partial charge < -0.3 is 10.2 Å². The van der Waals surface area contributed by atoms with Crippen LogP contribution in [0.3, 0.4) is 0 Å². The minimum Gasteiger partial charge on any atom is -0.481 e. The number of aliphatic carboxylic acids is 1. The first-order valence-corrected chi connectivity index (χ1v) is 9.41. The summed E-state index contributed by atoms with van der Waals surface area (Å²) in [5, 5.41) is 19.0. The number of carboxylic acids is 1. The summed E-state index contributed by atoms with van der Waals surface area (Å²) < 4.78 is 0. The number of hydrogen-bond donors (Lipinski definition) is 2. The van der Waals surface area contributed by atoms with Crippen LogP contribution in [0.15, 0.2) is 29.5 Å². The topological polar surface area (TPSA) is 74.6 Å². The van der Waals surface area contributed by atoms with E-state index in [-0.39, 0.29) is 18.1 Å². The number of unbranched alkanes of at least 4 members (excludes halogenated alkanes) is 2. The zero-order valence-electron chi connectivity index (χ0n) is 15.6. The van der Waals surface area contributed by atoms with E-state index in [2.05, 4.69) is 12.7 Å². The minimum absolute atomic E-state index is 0.0306. The summed E-state index contributed by atoms with van der Waals surface area (Å²) in [6, 6.07) is 0. The second-order valence-electron chi connectivity index (χ2n) is 7.21. The van der Waals surface area contributed by atoms with Gasteiger partial charge in [-0.3, -0.25) is 9.59 Å². The molecule has 0 aliphatic heterocycles. The third-order valence-electron chi connectivity index (χ3n) is 4.78. The molecule has 2 N–H and O–H groups in total. The van der Waals surface area contributed by atoms with Crippen molar-refractivity contribution in [1.82, 2.24) is 0 Å². The lowest BCUT2D eigenvalue weighted by atomic mass is 9.86. The number of carboxylic acid groups (broad SMARTS) is 1. The molecule has 4 nitrogen and oxygen atoms in total. The molecule has 140 valence electrons. The Hall–Kier alpha value is -1.64. The maximum atomic E-state index is 12.1. The fraction of sp³-hybridized carbons (Fsp3) is 0.667. The van der Waals surface area contributed by atoms with Crippen LogP contribution in [0.5, 0.6) is 0 Å². The molecule has 2 atom stereocenters. The summed E-state index contributed by atoms with van der Waals surface area (Å²) in [6.45, 7) is 4.05. The van der Waals surface area contributed by atoms with Crippen molar-refractivity contribution in [2.75, 3.05) is 0 Å². The minimum atomic E-state index is -0.872. The Morgan fingerprint density at radius 1 is 1.36 bits per heavy atom. The molecule has 0 bridgehead atoms. The smallest absolute Gasteiger partial charge is 0.307 e. The van der Waals surface area contributed by atoms with Crippen molar-refractivity contribution in [2.24, 2.45) is 5.92 Å². The van der Waals surface area contributed by atoms with E-state index in [0.29, 0.717) is 19.3 Å². The maximum Gasteiger partial charge on any atom is 0.307 e. The van der Waals surface area contributed by atoms with Crippen LogP contribution in [0.2, 0.25) is 0 Å². The van der Waals surface area contributed by atoms with Crippen LogP contribution in [0, 0.1) is 5.92 Å². The molecule has 1 rings (SSSR count). The molecule has 0 aromatic rings. The first-order valence-electron chi connectivity index (χ1n) is 9.41. The molecule has 0 aromatic heterocycles. The van der Waals surface area contributed by atoms with Crippen molar-refractivity contribution in [2.45, 2.75) is 83.7 Å². The van der Waals surface area contributed by atoms with E-state index >= 15 is 0 Å². The Labute approximate surface area is 151 Å². The highest BCUT2D eigenvalue weighted by molar-refractivity contribution is 5.88. The van der Waals surface area contributed by atoms with E-state index in [9.17, 15) is 14.7 Å². The molecule has 0 heterocycles. The van der Waals surface area contributed by atoms with Gasteiger partial charge in [0, 0.05) is 12.3 Å². The third kappa shape index (κ3) is 8.85. The van der Waals surface area contributed by atoms with Gasteiger partial charge in [-0.25, -0.2) is 0 Å². The first-order chi connectivity index (χ1) is 11.9. The first kappa shape index (κ1) is 21.4.